The van der Waals surface area contributed by atoms with E-state index in [9.17, 15) is 0 Å². The minimum absolute atomic E-state index is 0.413. The minimum Gasteiger partial charge on any atom is -0.394 e. The van der Waals surface area contributed by atoms with Crippen LogP contribution < -0.4 is 5.73 Å². The van der Waals surface area contributed by atoms with Crippen molar-refractivity contribution in [2.24, 2.45) is 0 Å². The number of nitrogens with zero attached hydrogens (tertiary/aromatic N) is 3. The normalized spacial score (nSPS) is 11.5. The lowest BCUT2D eigenvalue weighted by Gasteiger charge is -2.10. The summed E-state index contributed by atoms with van der Waals surface area (Å²) in [6.45, 7) is 4.29. The zero-order chi connectivity index (χ0) is 11.7. The maximum Gasteiger partial charge on any atom is 0.185 e. The summed E-state index contributed by atoms with van der Waals surface area (Å²) in [6, 6.07) is 1.78. The molecule has 5 heteroatoms. The third-order valence-electron chi connectivity index (χ3n) is 2.94. The van der Waals surface area contributed by atoms with Gasteiger partial charge in [-0.05, 0) is 18.9 Å². The van der Waals surface area contributed by atoms with E-state index in [0.29, 0.717) is 22.3 Å². The van der Waals surface area contributed by atoms with E-state index < -0.39 is 0 Å². The number of hydrogen-bond donors (Lipinski definition) is 1. The highest BCUT2D eigenvalue weighted by molar-refractivity contribution is 6.33. The van der Waals surface area contributed by atoms with Crippen LogP contribution in [0.3, 0.4) is 0 Å². The molecular weight excluding hydrogens is 224 g/mol. The smallest absolute Gasteiger partial charge is 0.185 e. The van der Waals surface area contributed by atoms with Crippen LogP contribution >= 0.6 is 11.6 Å². The molecule has 0 unspecified atom stereocenters. The fraction of sp³-hybridized carbons (Fsp3) is 0.455. The van der Waals surface area contributed by atoms with Gasteiger partial charge in [-0.15, -0.1) is 10.2 Å². The third-order valence-corrected chi connectivity index (χ3v) is 3.27. The number of halogens is 1. The van der Waals surface area contributed by atoms with Crippen molar-refractivity contribution in [3.05, 3.63) is 23.1 Å². The number of anilines is 1. The zero-order valence-corrected chi connectivity index (χ0v) is 10.2. The summed E-state index contributed by atoms with van der Waals surface area (Å²) < 4.78 is 1.93. The second kappa shape index (κ2) is 4.29. The summed E-state index contributed by atoms with van der Waals surface area (Å²) in [4.78, 5) is 0. The lowest BCUT2D eigenvalue weighted by molar-refractivity contribution is 0.595. The molecular formula is C11H15ClN4. The molecule has 2 aromatic heterocycles. The molecule has 0 atom stereocenters. The van der Waals surface area contributed by atoms with Crippen LogP contribution in [0.25, 0.3) is 5.65 Å². The molecule has 0 saturated heterocycles. The van der Waals surface area contributed by atoms with Crippen LogP contribution in [0.2, 0.25) is 5.02 Å². The molecule has 0 radical (unpaired) electrons. The Morgan fingerprint density at radius 3 is 2.69 bits per heavy atom. The Hall–Kier alpha value is -1.29. The predicted octanol–water partition coefficient (Wildman–Crippen LogP) is 2.87. The summed E-state index contributed by atoms with van der Waals surface area (Å²) >= 11 is 5.94. The Morgan fingerprint density at radius 2 is 2.06 bits per heavy atom. The number of hydrogen-bond acceptors (Lipinski definition) is 3. The maximum absolute atomic E-state index is 5.94. The van der Waals surface area contributed by atoms with E-state index in [1.54, 1.807) is 6.07 Å². The fourth-order valence-electron chi connectivity index (χ4n) is 1.90. The predicted molar refractivity (Wildman–Crippen MR) is 65.7 cm³/mol. The van der Waals surface area contributed by atoms with E-state index in [4.69, 9.17) is 17.3 Å². The molecule has 2 rings (SSSR count). The Morgan fingerprint density at radius 1 is 1.38 bits per heavy atom. The van der Waals surface area contributed by atoms with Crippen molar-refractivity contribution in [2.75, 3.05) is 5.73 Å². The number of rotatable bonds is 3. The molecule has 86 valence electrons. The quantitative estimate of drug-likeness (QED) is 0.895. The van der Waals surface area contributed by atoms with Crippen molar-refractivity contribution in [1.82, 2.24) is 14.6 Å². The van der Waals surface area contributed by atoms with Gasteiger partial charge >= 0.3 is 0 Å². The van der Waals surface area contributed by atoms with Crippen LogP contribution in [-0.2, 0) is 0 Å². The van der Waals surface area contributed by atoms with Gasteiger partial charge in [-0.2, -0.15) is 0 Å². The lowest BCUT2D eigenvalue weighted by atomic mass is 10.0. The van der Waals surface area contributed by atoms with Crippen LogP contribution in [0.1, 0.15) is 38.4 Å². The van der Waals surface area contributed by atoms with Crippen molar-refractivity contribution in [3.8, 4) is 0 Å². The molecule has 16 heavy (non-hydrogen) atoms. The molecule has 0 aliphatic heterocycles. The standard InChI is InChI=1S/C11H15ClN4/c1-3-7(4-2)10-14-15-11-9(13)8(12)5-6-16(10)11/h5-7H,3-4,13H2,1-2H3. The van der Waals surface area contributed by atoms with Gasteiger partial charge in [-0.1, -0.05) is 25.4 Å². The van der Waals surface area contributed by atoms with E-state index in [0.717, 1.165) is 18.7 Å². The summed E-state index contributed by atoms with van der Waals surface area (Å²) in [6.07, 6.45) is 3.96. The van der Waals surface area contributed by atoms with Crippen molar-refractivity contribution in [1.29, 1.82) is 0 Å². The molecule has 2 N–H and O–H groups in total. The molecule has 0 bridgehead atoms. The van der Waals surface area contributed by atoms with Gasteiger partial charge in [-0.3, -0.25) is 4.40 Å². The highest BCUT2D eigenvalue weighted by atomic mass is 35.5. The van der Waals surface area contributed by atoms with Gasteiger partial charge in [0.25, 0.3) is 0 Å². The maximum atomic E-state index is 5.94. The van der Waals surface area contributed by atoms with Gasteiger partial charge in [0.05, 0.1) is 10.7 Å². The summed E-state index contributed by atoms with van der Waals surface area (Å²) in [5, 5.41) is 8.84. The van der Waals surface area contributed by atoms with Gasteiger partial charge in [0.2, 0.25) is 0 Å². The van der Waals surface area contributed by atoms with Gasteiger partial charge < -0.3 is 5.73 Å². The minimum atomic E-state index is 0.413. The van der Waals surface area contributed by atoms with Gasteiger partial charge in [0.1, 0.15) is 5.82 Å². The van der Waals surface area contributed by atoms with E-state index in [2.05, 4.69) is 24.0 Å². The first-order valence-corrected chi connectivity index (χ1v) is 5.85. The van der Waals surface area contributed by atoms with Crippen LogP contribution in [0.5, 0.6) is 0 Å². The van der Waals surface area contributed by atoms with Crippen molar-refractivity contribution < 1.29 is 0 Å². The first kappa shape index (κ1) is 11.2. The van der Waals surface area contributed by atoms with Crippen LogP contribution in [-0.4, -0.2) is 14.6 Å². The second-order valence-electron chi connectivity index (χ2n) is 3.84. The average molecular weight is 239 g/mol. The van der Waals surface area contributed by atoms with Gasteiger partial charge in [-0.25, -0.2) is 0 Å². The molecule has 0 saturated carbocycles. The monoisotopic (exact) mass is 238 g/mol. The topological polar surface area (TPSA) is 56.2 Å². The molecule has 0 spiro atoms. The molecule has 0 aliphatic carbocycles. The van der Waals surface area contributed by atoms with E-state index in [1.807, 2.05) is 10.6 Å². The molecule has 2 aromatic rings. The third kappa shape index (κ3) is 1.63. The largest absolute Gasteiger partial charge is 0.394 e. The highest BCUT2D eigenvalue weighted by Gasteiger charge is 2.16. The zero-order valence-electron chi connectivity index (χ0n) is 9.44. The molecule has 0 fully saturated rings. The Balaban J connectivity index is 2.61. The first-order chi connectivity index (χ1) is 7.69. The van der Waals surface area contributed by atoms with E-state index in [1.165, 1.54) is 0 Å². The fourth-order valence-corrected chi connectivity index (χ4v) is 2.04. The SMILES string of the molecule is CCC(CC)c1nnc2c(N)c(Cl)ccn12. The summed E-state index contributed by atoms with van der Waals surface area (Å²) in [7, 11) is 0. The Labute approximate surface area is 99.4 Å². The van der Waals surface area contributed by atoms with Gasteiger partial charge in [0.15, 0.2) is 5.65 Å². The average Bonchev–Trinajstić information content (AvgIpc) is 2.70. The van der Waals surface area contributed by atoms with Crippen LogP contribution in [0.15, 0.2) is 12.3 Å². The highest BCUT2D eigenvalue weighted by Crippen LogP contribution is 2.27. The number of nitrogens with two attached hydrogens (primary N) is 1. The first-order valence-electron chi connectivity index (χ1n) is 5.47. The second-order valence-corrected chi connectivity index (χ2v) is 4.25. The Kier molecular flexibility index (Phi) is 3.01. The lowest BCUT2D eigenvalue weighted by Crippen LogP contribution is -2.03. The Bertz CT molecular complexity index is 502. The molecule has 0 aromatic carbocycles. The van der Waals surface area contributed by atoms with Crippen molar-refractivity contribution in [2.45, 2.75) is 32.6 Å². The van der Waals surface area contributed by atoms with E-state index in [-0.39, 0.29) is 0 Å². The summed E-state index contributed by atoms with van der Waals surface area (Å²) in [5.74, 6) is 1.37. The van der Waals surface area contributed by atoms with Crippen LogP contribution in [0.4, 0.5) is 5.69 Å². The van der Waals surface area contributed by atoms with Crippen molar-refractivity contribution >= 4 is 22.9 Å². The molecule has 4 nitrogen and oxygen atoms in total. The number of fused-ring (bicyclic) bond motifs is 1. The van der Waals surface area contributed by atoms with E-state index >= 15 is 0 Å². The molecule has 2 heterocycles. The number of pyridine rings is 1. The molecule has 0 aliphatic rings. The molecule has 0 amide bonds. The number of aromatic nitrogens is 3. The van der Waals surface area contributed by atoms with Gasteiger partial charge in [0, 0.05) is 12.1 Å². The van der Waals surface area contributed by atoms with Crippen molar-refractivity contribution in [3.63, 3.8) is 0 Å². The summed E-state index contributed by atoms with van der Waals surface area (Å²) in [5.41, 5.74) is 7.00. The van der Waals surface area contributed by atoms with Crippen LogP contribution in [0, 0.1) is 0 Å². The number of nitrogen functional groups attached to an aromatic ring is 1.